The molecule has 8 nitrogen and oxygen atoms in total. The van der Waals surface area contributed by atoms with Gasteiger partial charge in [0.1, 0.15) is 5.82 Å². The fourth-order valence-corrected chi connectivity index (χ4v) is 6.11. The molecule has 1 aliphatic carbocycles. The molecule has 3 unspecified atom stereocenters. The van der Waals surface area contributed by atoms with Gasteiger partial charge in [-0.05, 0) is 106 Å². The number of aryl methyl sites for hydroxylation is 1. The minimum absolute atomic E-state index is 0.0402. The van der Waals surface area contributed by atoms with E-state index in [2.05, 4.69) is 27.8 Å². The zero-order valence-corrected chi connectivity index (χ0v) is 32.7. The number of alkyl halides is 2. The van der Waals surface area contributed by atoms with E-state index in [0.29, 0.717) is 48.8 Å². The topological polar surface area (TPSA) is 135 Å². The number of aromatic nitrogens is 1. The smallest absolute Gasteiger partial charge is 0.284 e. The van der Waals surface area contributed by atoms with Crippen molar-refractivity contribution in [3.8, 4) is 6.07 Å². The molecule has 50 heavy (non-hydrogen) atoms. The number of nitriles is 1. The maximum Gasteiger partial charge on any atom is 0.284 e. The van der Waals surface area contributed by atoms with E-state index >= 15 is 0 Å². The van der Waals surface area contributed by atoms with Crippen molar-refractivity contribution in [2.24, 2.45) is 11.8 Å². The number of ketones is 1. The van der Waals surface area contributed by atoms with Gasteiger partial charge in [-0.3, -0.25) is 4.79 Å². The van der Waals surface area contributed by atoms with Crippen LogP contribution in [0.3, 0.4) is 0 Å². The van der Waals surface area contributed by atoms with E-state index in [1.54, 1.807) is 29.2 Å². The third-order valence-corrected chi connectivity index (χ3v) is 9.12. The second-order valence-electron chi connectivity index (χ2n) is 12.5. The number of carbonyl (C=O) groups excluding carboxylic acids is 1. The quantitative estimate of drug-likeness (QED) is 0.0628. The number of ether oxygens (including phenoxy) is 1. The molecule has 11 heteroatoms. The molecule has 1 aromatic heterocycles. The lowest BCUT2D eigenvalue weighted by atomic mass is 9.80. The number of carbonyl (C=O) groups is 1. The lowest BCUT2D eigenvalue weighted by Gasteiger charge is -2.34. The molecule has 2 aromatic rings. The lowest BCUT2D eigenvalue weighted by molar-refractivity contribution is -0.0359. The van der Waals surface area contributed by atoms with Crippen molar-refractivity contribution in [3.63, 3.8) is 0 Å². The van der Waals surface area contributed by atoms with Crippen LogP contribution in [0.1, 0.15) is 137 Å². The number of hydrogen-bond acceptors (Lipinski definition) is 8. The number of pyridine rings is 1. The standard InChI is InChI=1S/C19H28F2NOP.C16H22N4O.C2H5N.C2H6/c1-4-15-16(18(23)5-2)9-14(10-17(15)19(20,21)24)12(3)22-11-13-7-6-8-13;1-3-14(18)16(13-9-21-10-13)12-7-11(2)20-15(8-12)19-6-4-5-17;1-2-3;1-2/h9-10,12-13,22H,4-8,11,24H2,1-3H3;7-8,13,16,18H,3-4,6,9-10H2,1-2H3,(H,19,20);2-3H,1H3;1-2H3. The number of Topliss-reactive ketones (excluding diaryl/α,β-unsaturated/α-hetero) is 1. The van der Waals surface area contributed by atoms with Crippen LogP contribution in [-0.4, -0.2) is 49.0 Å². The Morgan fingerprint density at radius 3 is 2.26 bits per heavy atom. The van der Waals surface area contributed by atoms with Gasteiger partial charge in [-0.1, -0.05) is 50.3 Å². The minimum Gasteiger partial charge on any atom is -0.381 e. The predicted molar refractivity (Wildman–Crippen MR) is 206 cm³/mol. The van der Waals surface area contributed by atoms with Gasteiger partial charge in [-0.25, -0.2) is 4.98 Å². The molecule has 3 atom stereocenters. The summed E-state index contributed by atoms with van der Waals surface area (Å²) in [5.74, 6) is 1.92. The molecule has 0 radical (unpaired) electrons. The SMILES string of the molecule is CC.CC=N.CCC(=N)C(c1cc(C)nc(NCCC#N)c1)C1COC1.CCC(=O)c1cc(C(C)NCC2CCC2)cc(C(F)(F)P)c1CC. The Kier molecular flexibility index (Phi) is 21.0. The van der Waals surface area contributed by atoms with Crippen molar-refractivity contribution in [3.05, 3.63) is 57.8 Å². The minimum atomic E-state index is -3.03. The summed E-state index contributed by atoms with van der Waals surface area (Å²) in [6, 6.07) is 9.51. The van der Waals surface area contributed by atoms with Crippen LogP contribution in [0.15, 0.2) is 24.3 Å². The molecular formula is C39H61F2N6O2P. The van der Waals surface area contributed by atoms with Crippen LogP contribution in [0.2, 0.25) is 0 Å². The second-order valence-corrected chi connectivity index (χ2v) is 13.2. The molecule has 4 rings (SSSR count). The fourth-order valence-electron chi connectivity index (χ4n) is 5.86. The summed E-state index contributed by atoms with van der Waals surface area (Å²) in [4.78, 5) is 16.8. The molecule has 0 spiro atoms. The Labute approximate surface area is 302 Å². The van der Waals surface area contributed by atoms with Gasteiger partial charge < -0.3 is 26.2 Å². The van der Waals surface area contributed by atoms with E-state index in [0.717, 1.165) is 54.5 Å². The van der Waals surface area contributed by atoms with Crippen LogP contribution in [-0.2, 0) is 16.8 Å². The van der Waals surface area contributed by atoms with Gasteiger partial charge in [-0.2, -0.15) is 14.0 Å². The molecule has 1 aromatic carbocycles. The summed E-state index contributed by atoms with van der Waals surface area (Å²) in [7, 11) is 1.61. The van der Waals surface area contributed by atoms with Crippen LogP contribution < -0.4 is 10.6 Å². The number of halogens is 2. The van der Waals surface area contributed by atoms with Crippen LogP contribution in [0.25, 0.3) is 0 Å². The van der Waals surface area contributed by atoms with Crippen LogP contribution >= 0.6 is 9.24 Å². The Morgan fingerprint density at radius 1 is 1.16 bits per heavy atom. The van der Waals surface area contributed by atoms with E-state index in [9.17, 15) is 13.6 Å². The molecule has 278 valence electrons. The molecule has 1 saturated carbocycles. The van der Waals surface area contributed by atoms with Gasteiger partial charge in [0.2, 0.25) is 0 Å². The third-order valence-electron chi connectivity index (χ3n) is 8.81. The second kappa shape index (κ2) is 23.4. The Morgan fingerprint density at radius 2 is 1.80 bits per heavy atom. The molecule has 0 bridgehead atoms. The molecule has 2 aliphatic rings. The van der Waals surface area contributed by atoms with Gasteiger partial charge >= 0.3 is 0 Å². The summed E-state index contributed by atoms with van der Waals surface area (Å²) in [6.07, 6.45) is 6.96. The average Bonchev–Trinajstić information content (AvgIpc) is 3.05. The highest BCUT2D eigenvalue weighted by Crippen LogP contribution is 2.40. The molecule has 1 aliphatic heterocycles. The van der Waals surface area contributed by atoms with Crippen LogP contribution in [0.5, 0.6) is 0 Å². The van der Waals surface area contributed by atoms with E-state index in [1.807, 2.05) is 53.7 Å². The maximum atomic E-state index is 14.1. The summed E-state index contributed by atoms with van der Waals surface area (Å²) < 4.78 is 33.5. The highest BCUT2D eigenvalue weighted by molar-refractivity contribution is 7.17. The monoisotopic (exact) mass is 714 g/mol. The first kappa shape index (κ1) is 44.9. The molecule has 1 saturated heterocycles. The molecule has 2 fully saturated rings. The van der Waals surface area contributed by atoms with Crippen molar-refractivity contribution in [2.45, 2.75) is 118 Å². The maximum absolute atomic E-state index is 14.1. The van der Waals surface area contributed by atoms with E-state index in [4.69, 9.17) is 20.8 Å². The highest BCUT2D eigenvalue weighted by atomic mass is 31.0. The summed E-state index contributed by atoms with van der Waals surface area (Å²) >= 11 is 0. The first-order chi connectivity index (χ1) is 23.8. The molecule has 4 N–H and O–H groups in total. The zero-order chi connectivity index (χ0) is 37.9. The summed E-state index contributed by atoms with van der Waals surface area (Å²) in [5.41, 5.74) is 1.42. The van der Waals surface area contributed by atoms with Crippen molar-refractivity contribution < 1.29 is 18.3 Å². The first-order valence-electron chi connectivity index (χ1n) is 18.1. The van der Waals surface area contributed by atoms with E-state index in [-0.39, 0.29) is 23.3 Å². The zero-order valence-electron chi connectivity index (χ0n) is 31.5. The van der Waals surface area contributed by atoms with E-state index in [1.165, 1.54) is 25.5 Å². The van der Waals surface area contributed by atoms with Crippen molar-refractivity contribution in [1.29, 1.82) is 16.1 Å². The predicted octanol–water partition coefficient (Wildman–Crippen LogP) is 9.77. The van der Waals surface area contributed by atoms with Gasteiger partial charge in [-0.15, -0.1) is 0 Å². The van der Waals surface area contributed by atoms with Gasteiger partial charge in [0.15, 0.2) is 5.78 Å². The number of anilines is 1. The van der Waals surface area contributed by atoms with Crippen molar-refractivity contribution >= 4 is 32.8 Å². The molecular weight excluding hydrogens is 653 g/mol. The van der Waals surface area contributed by atoms with Gasteiger partial charge in [0.25, 0.3) is 5.66 Å². The van der Waals surface area contributed by atoms with Crippen molar-refractivity contribution in [2.75, 3.05) is 31.6 Å². The third kappa shape index (κ3) is 13.9. The number of rotatable bonds is 15. The highest BCUT2D eigenvalue weighted by Gasteiger charge is 2.33. The summed E-state index contributed by atoms with van der Waals surface area (Å²) in [6.45, 7) is 18.2. The lowest BCUT2D eigenvalue weighted by Crippen LogP contribution is -2.36. The number of nitrogens with zero attached hydrogens (tertiary/aromatic N) is 2. The Hall–Kier alpha value is -3.12. The van der Waals surface area contributed by atoms with Crippen LogP contribution in [0.4, 0.5) is 14.6 Å². The van der Waals surface area contributed by atoms with Gasteiger partial charge in [0, 0.05) is 53.4 Å². The normalized spacial score (nSPS) is 15.1. The number of nitrogens with one attached hydrogen (secondary N) is 4. The number of hydrogen-bond donors (Lipinski definition) is 4. The van der Waals surface area contributed by atoms with Gasteiger partial charge in [0.05, 0.1) is 25.7 Å². The van der Waals surface area contributed by atoms with Crippen LogP contribution in [0, 0.1) is 40.9 Å². The van der Waals surface area contributed by atoms with Crippen molar-refractivity contribution in [1.82, 2.24) is 10.3 Å². The Bertz CT molecular complexity index is 1400. The molecule has 0 amide bonds. The Balaban J connectivity index is 0.000000446. The molecule has 2 heterocycles. The average molecular weight is 715 g/mol. The number of benzene rings is 1. The summed E-state index contributed by atoms with van der Waals surface area (Å²) in [5, 5.41) is 29.6. The first-order valence-corrected chi connectivity index (χ1v) is 18.7. The largest absolute Gasteiger partial charge is 0.381 e. The van der Waals surface area contributed by atoms with E-state index < -0.39 is 5.66 Å². The fraction of sp³-hybridized carbons (Fsp3) is 0.615.